The van der Waals surface area contributed by atoms with Gasteiger partial charge < -0.3 is 19.4 Å². The number of carbonyl (C=O) groups is 1. The van der Waals surface area contributed by atoms with Crippen molar-refractivity contribution < 1.29 is 9.53 Å². The van der Waals surface area contributed by atoms with Gasteiger partial charge in [0, 0.05) is 40.8 Å². The summed E-state index contributed by atoms with van der Waals surface area (Å²) in [4.78, 5) is 22.1. The van der Waals surface area contributed by atoms with Crippen LogP contribution in [-0.4, -0.2) is 43.1 Å². The molecule has 0 N–H and O–H groups in total. The molecular formula is C25H31N3O2S. The number of piperidine rings is 1. The van der Waals surface area contributed by atoms with Crippen LogP contribution >= 0.6 is 11.3 Å². The number of hydrogen-bond donors (Lipinski definition) is 0. The predicted molar refractivity (Wildman–Crippen MR) is 128 cm³/mol. The van der Waals surface area contributed by atoms with Crippen LogP contribution in [0.3, 0.4) is 0 Å². The molecule has 2 aliphatic heterocycles. The molecule has 1 aromatic carbocycles. The molecule has 5 nitrogen and oxygen atoms in total. The Kier molecular flexibility index (Phi) is 6.37. The van der Waals surface area contributed by atoms with E-state index in [1.807, 2.05) is 28.4 Å². The van der Waals surface area contributed by atoms with E-state index in [4.69, 9.17) is 4.74 Å². The molecule has 0 saturated carbocycles. The minimum Gasteiger partial charge on any atom is -0.495 e. The van der Waals surface area contributed by atoms with Crippen molar-refractivity contribution in [1.82, 2.24) is 9.80 Å². The molecule has 1 aromatic heterocycles. The van der Waals surface area contributed by atoms with Crippen LogP contribution in [0.1, 0.15) is 42.0 Å². The molecule has 0 radical (unpaired) electrons. The highest BCUT2D eigenvalue weighted by molar-refractivity contribution is 7.11. The molecule has 1 fully saturated rings. The quantitative estimate of drug-likeness (QED) is 0.590. The Morgan fingerprint density at radius 1 is 1.19 bits per heavy atom. The third-order valence-corrected chi connectivity index (χ3v) is 7.23. The Bertz CT molecular complexity index is 1020. The highest BCUT2D eigenvalue weighted by Crippen LogP contribution is 2.34. The molecule has 31 heavy (non-hydrogen) atoms. The second-order valence-corrected chi connectivity index (χ2v) is 9.49. The third kappa shape index (κ3) is 4.64. The third-order valence-electron chi connectivity index (χ3n) is 6.01. The number of aryl methyl sites for hydroxylation is 1. The van der Waals surface area contributed by atoms with E-state index in [1.54, 1.807) is 7.11 Å². The summed E-state index contributed by atoms with van der Waals surface area (Å²) in [5.74, 6) is 0.972. The molecule has 0 spiro atoms. The second kappa shape index (κ2) is 9.18. The first kappa shape index (κ1) is 21.5. The molecule has 1 amide bonds. The molecule has 164 valence electrons. The van der Waals surface area contributed by atoms with Crippen molar-refractivity contribution in [3.63, 3.8) is 0 Å². The summed E-state index contributed by atoms with van der Waals surface area (Å²) in [7, 11) is 3.78. The number of anilines is 1. The summed E-state index contributed by atoms with van der Waals surface area (Å²) in [6, 6.07) is 10.5. The maximum Gasteiger partial charge on any atom is 0.250 e. The smallest absolute Gasteiger partial charge is 0.250 e. The van der Waals surface area contributed by atoms with Gasteiger partial charge in [0.25, 0.3) is 0 Å². The van der Waals surface area contributed by atoms with Gasteiger partial charge in [-0.15, -0.1) is 11.3 Å². The minimum absolute atomic E-state index is 0.153. The lowest BCUT2D eigenvalue weighted by Gasteiger charge is -2.28. The van der Waals surface area contributed by atoms with Crippen molar-refractivity contribution in [3.05, 3.63) is 63.1 Å². The molecule has 0 unspecified atom stereocenters. The van der Waals surface area contributed by atoms with Gasteiger partial charge in [0.15, 0.2) is 0 Å². The lowest BCUT2D eigenvalue weighted by atomic mass is 10.0. The number of rotatable bonds is 6. The van der Waals surface area contributed by atoms with Crippen LogP contribution in [0.5, 0.6) is 5.75 Å². The molecule has 3 heterocycles. The van der Waals surface area contributed by atoms with E-state index >= 15 is 0 Å². The van der Waals surface area contributed by atoms with Crippen LogP contribution in [0, 0.1) is 0 Å². The fraction of sp³-hybridized carbons (Fsp3) is 0.400. The number of methoxy groups -OCH3 is 1. The van der Waals surface area contributed by atoms with Crippen LogP contribution < -0.4 is 9.64 Å². The zero-order chi connectivity index (χ0) is 22.0. The van der Waals surface area contributed by atoms with Crippen LogP contribution in [0.25, 0.3) is 6.08 Å². The lowest BCUT2D eigenvalue weighted by molar-refractivity contribution is -0.129. The average molecular weight is 438 g/mol. The Morgan fingerprint density at radius 3 is 2.68 bits per heavy atom. The van der Waals surface area contributed by atoms with Gasteiger partial charge in [-0.05, 0) is 62.1 Å². The molecule has 4 rings (SSSR count). The summed E-state index contributed by atoms with van der Waals surface area (Å²) < 4.78 is 5.69. The molecular weight excluding hydrogens is 406 g/mol. The first-order valence-electron chi connectivity index (χ1n) is 10.9. The number of hydrogen-bond acceptors (Lipinski definition) is 5. The van der Waals surface area contributed by atoms with Crippen molar-refractivity contribution in [2.45, 2.75) is 39.7 Å². The van der Waals surface area contributed by atoms with Crippen molar-refractivity contribution in [2.24, 2.45) is 0 Å². The van der Waals surface area contributed by atoms with Crippen LogP contribution in [-0.2, 0) is 17.8 Å². The van der Waals surface area contributed by atoms with Gasteiger partial charge in [0.1, 0.15) is 5.75 Å². The number of allylic oxidation sites excluding steroid dienone is 1. The van der Waals surface area contributed by atoms with E-state index < -0.39 is 0 Å². The summed E-state index contributed by atoms with van der Waals surface area (Å²) in [5.41, 5.74) is 4.14. The van der Waals surface area contributed by atoms with E-state index in [1.165, 1.54) is 15.5 Å². The van der Waals surface area contributed by atoms with Crippen molar-refractivity contribution in [1.29, 1.82) is 0 Å². The number of amides is 1. The van der Waals surface area contributed by atoms with Crippen molar-refractivity contribution in [3.8, 4) is 5.75 Å². The van der Waals surface area contributed by atoms with Crippen LogP contribution in [0.4, 0.5) is 5.69 Å². The molecule has 1 saturated heterocycles. The minimum atomic E-state index is 0.153. The second-order valence-electron chi connectivity index (χ2n) is 8.23. The molecule has 6 heteroatoms. The first-order chi connectivity index (χ1) is 15.0. The van der Waals surface area contributed by atoms with Crippen molar-refractivity contribution >= 4 is 29.0 Å². The zero-order valence-electron chi connectivity index (χ0n) is 18.9. The molecule has 0 bridgehead atoms. The molecule has 0 atom stereocenters. The monoisotopic (exact) mass is 437 g/mol. The molecule has 0 aliphatic carbocycles. The average Bonchev–Trinajstić information content (AvgIpc) is 3.36. The van der Waals surface area contributed by atoms with Gasteiger partial charge in [0.05, 0.1) is 26.0 Å². The highest BCUT2D eigenvalue weighted by atomic mass is 32.1. The first-order valence-corrected chi connectivity index (χ1v) is 11.7. The Labute approximate surface area is 189 Å². The van der Waals surface area contributed by atoms with Gasteiger partial charge in [-0.2, -0.15) is 0 Å². The van der Waals surface area contributed by atoms with E-state index in [0.29, 0.717) is 6.54 Å². The zero-order valence-corrected chi connectivity index (χ0v) is 19.7. The Morgan fingerprint density at radius 2 is 2.00 bits per heavy atom. The SMILES string of the molecule is CCc1ccc(CN2CCC/C(=C\c3ccc(N4C=C(C)N(C)C4)c(OC)c3)C2=O)s1. The fourth-order valence-corrected chi connectivity index (χ4v) is 5.09. The molecule has 2 aromatic rings. The van der Waals surface area contributed by atoms with Gasteiger partial charge in [0.2, 0.25) is 5.91 Å². The number of nitrogens with zero attached hydrogens (tertiary/aromatic N) is 3. The van der Waals surface area contributed by atoms with Crippen LogP contribution in [0.15, 0.2) is 47.8 Å². The Hall–Kier alpha value is -2.73. The molecule has 2 aliphatic rings. The lowest BCUT2D eigenvalue weighted by Crippen LogP contribution is -2.36. The standard InChI is InChI=1S/C25H31N3O2S/c1-5-21-9-10-22(31-21)16-27-12-6-7-20(25(27)29)13-19-8-11-23(24(14-19)30-4)28-15-18(2)26(3)17-28/h8-11,13-15H,5-7,12,16-17H2,1-4H3/b20-13+. The fourth-order valence-electron chi connectivity index (χ4n) is 4.12. The van der Waals surface area contributed by atoms with Crippen molar-refractivity contribution in [2.75, 3.05) is 32.3 Å². The van der Waals surface area contributed by atoms with E-state index in [-0.39, 0.29) is 5.91 Å². The number of carbonyl (C=O) groups excluding carboxylic acids is 1. The number of thiophene rings is 1. The van der Waals surface area contributed by atoms with Gasteiger partial charge in [-0.1, -0.05) is 13.0 Å². The summed E-state index contributed by atoms with van der Waals surface area (Å²) in [5, 5.41) is 0. The van der Waals surface area contributed by atoms with Gasteiger partial charge in [-0.25, -0.2) is 0 Å². The normalized spacial score (nSPS) is 18.2. The van der Waals surface area contributed by atoms with E-state index in [9.17, 15) is 4.79 Å². The number of ether oxygens (including phenoxy) is 1. The summed E-state index contributed by atoms with van der Waals surface area (Å²) in [6.07, 6.45) is 7.04. The highest BCUT2D eigenvalue weighted by Gasteiger charge is 2.24. The topological polar surface area (TPSA) is 36.0 Å². The van der Waals surface area contributed by atoms with Crippen LogP contribution in [0.2, 0.25) is 0 Å². The maximum atomic E-state index is 13.1. The number of benzene rings is 1. The largest absolute Gasteiger partial charge is 0.495 e. The Balaban J connectivity index is 1.52. The predicted octanol–water partition coefficient (Wildman–Crippen LogP) is 5.10. The number of likely N-dealkylation sites (tertiary alicyclic amines) is 1. The van der Waals surface area contributed by atoms with E-state index in [0.717, 1.165) is 55.0 Å². The summed E-state index contributed by atoms with van der Waals surface area (Å²) in [6.45, 7) is 6.61. The summed E-state index contributed by atoms with van der Waals surface area (Å²) >= 11 is 1.81. The van der Waals surface area contributed by atoms with E-state index in [2.05, 4.69) is 61.2 Å². The van der Waals surface area contributed by atoms with Gasteiger partial charge in [-0.3, -0.25) is 4.79 Å². The maximum absolute atomic E-state index is 13.1. The van der Waals surface area contributed by atoms with Gasteiger partial charge >= 0.3 is 0 Å².